The molecule has 0 saturated heterocycles. The quantitative estimate of drug-likeness (QED) is 0.809. The van der Waals surface area contributed by atoms with Gasteiger partial charge in [-0.3, -0.25) is 9.78 Å². The van der Waals surface area contributed by atoms with Gasteiger partial charge in [0.1, 0.15) is 0 Å². The molecule has 0 radical (unpaired) electrons. The van der Waals surface area contributed by atoms with Crippen LogP contribution in [0.15, 0.2) is 48.8 Å². The van der Waals surface area contributed by atoms with Crippen molar-refractivity contribution in [3.63, 3.8) is 0 Å². The highest BCUT2D eigenvalue weighted by Gasteiger charge is 2.18. The highest BCUT2D eigenvalue weighted by molar-refractivity contribution is 6.07. The molecule has 98 valence electrons. The van der Waals surface area contributed by atoms with Gasteiger partial charge in [0.25, 0.3) is 5.91 Å². The monoisotopic (exact) mass is 257 g/mol. The third-order valence-corrected chi connectivity index (χ3v) is 2.70. The third kappa shape index (κ3) is 2.89. The summed E-state index contributed by atoms with van der Waals surface area (Å²) in [6.45, 7) is 0.0439. The van der Waals surface area contributed by atoms with Crippen LogP contribution in [-0.4, -0.2) is 29.1 Å². The van der Waals surface area contributed by atoms with Crippen LogP contribution in [0.3, 0.4) is 0 Å². The van der Waals surface area contributed by atoms with Crippen LogP contribution in [0.4, 0.5) is 11.4 Å². The summed E-state index contributed by atoms with van der Waals surface area (Å²) < 4.78 is 0. The van der Waals surface area contributed by atoms with Gasteiger partial charge in [-0.05, 0) is 24.3 Å². The average Bonchev–Trinajstić information content (AvgIpc) is 2.46. The lowest BCUT2D eigenvalue weighted by molar-refractivity contribution is 0.0981. The molecule has 0 aliphatic rings. The van der Waals surface area contributed by atoms with Gasteiger partial charge in [-0.15, -0.1) is 0 Å². The van der Waals surface area contributed by atoms with Crippen LogP contribution >= 0.6 is 0 Å². The molecule has 0 unspecified atom stereocenters. The minimum absolute atomic E-state index is 0.139. The number of pyridine rings is 1. The van der Waals surface area contributed by atoms with E-state index in [4.69, 9.17) is 10.8 Å². The number of carbonyl (C=O) groups excluding carboxylic acids is 1. The van der Waals surface area contributed by atoms with E-state index in [0.29, 0.717) is 16.9 Å². The molecule has 0 bridgehead atoms. The smallest absolute Gasteiger partial charge is 0.259 e. The number of amides is 1. The van der Waals surface area contributed by atoms with E-state index in [0.717, 1.165) is 0 Å². The number of nitrogens with zero attached hydrogens (tertiary/aromatic N) is 2. The number of rotatable bonds is 4. The summed E-state index contributed by atoms with van der Waals surface area (Å²) in [5.74, 6) is -0.236. The van der Waals surface area contributed by atoms with E-state index in [1.165, 1.54) is 11.1 Å². The summed E-state index contributed by atoms with van der Waals surface area (Å²) in [6, 6.07) is 10.4. The van der Waals surface area contributed by atoms with Gasteiger partial charge in [0.2, 0.25) is 0 Å². The summed E-state index contributed by atoms with van der Waals surface area (Å²) in [5.41, 5.74) is 7.42. The Labute approximate surface area is 111 Å². The minimum atomic E-state index is -0.236. The van der Waals surface area contributed by atoms with Crippen molar-refractivity contribution < 1.29 is 9.90 Å². The van der Waals surface area contributed by atoms with Crippen LogP contribution < -0.4 is 10.6 Å². The van der Waals surface area contributed by atoms with Crippen molar-refractivity contribution >= 4 is 17.3 Å². The Hall–Kier alpha value is -2.40. The molecule has 19 heavy (non-hydrogen) atoms. The zero-order valence-electron chi connectivity index (χ0n) is 10.4. The number of para-hydroxylation sites is 2. The second-order valence-corrected chi connectivity index (χ2v) is 3.98. The fourth-order valence-corrected chi connectivity index (χ4v) is 1.81. The van der Waals surface area contributed by atoms with Gasteiger partial charge in [-0.1, -0.05) is 12.1 Å². The SMILES string of the molecule is Nc1ccccc1N(CCO)C(=O)c1cccnc1. The molecule has 1 aromatic carbocycles. The van der Waals surface area contributed by atoms with Crippen LogP contribution in [0.25, 0.3) is 0 Å². The number of aromatic nitrogens is 1. The number of aliphatic hydroxyl groups excluding tert-OH is 1. The molecule has 2 aromatic rings. The number of benzene rings is 1. The molecule has 1 heterocycles. The zero-order valence-corrected chi connectivity index (χ0v) is 10.4. The van der Waals surface area contributed by atoms with Crippen LogP contribution in [0, 0.1) is 0 Å². The van der Waals surface area contributed by atoms with Gasteiger partial charge >= 0.3 is 0 Å². The molecule has 1 amide bonds. The standard InChI is InChI=1S/C14H15N3O2/c15-12-5-1-2-6-13(12)17(8-9-18)14(19)11-4-3-7-16-10-11/h1-7,10,18H,8-9,15H2. The Balaban J connectivity index is 2.36. The van der Waals surface area contributed by atoms with Gasteiger partial charge in [0.05, 0.1) is 23.5 Å². The molecule has 1 aromatic heterocycles. The fraction of sp³-hybridized carbons (Fsp3) is 0.143. The number of hydrogen-bond donors (Lipinski definition) is 2. The first kappa shape index (κ1) is 13.0. The van der Waals surface area contributed by atoms with Gasteiger partial charge in [0, 0.05) is 18.9 Å². The van der Waals surface area contributed by atoms with E-state index in [2.05, 4.69) is 4.98 Å². The molecule has 0 aliphatic carbocycles. The molecule has 0 spiro atoms. The first-order valence-electron chi connectivity index (χ1n) is 5.91. The summed E-state index contributed by atoms with van der Waals surface area (Å²) in [5, 5.41) is 9.13. The van der Waals surface area contributed by atoms with E-state index in [-0.39, 0.29) is 19.1 Å². The van der Waals surface area contributed by atoms with Gasteiger partial charge in [-0.2, -0.15) is 0 Å². The Kier molecular flexibility index (Phi) is 4.10. The fourth-order valence-electron chi connectivity index (χ4n) is 1.81. The van der Waals surface area contributed by atoms with E-state index < -0.39 is 0 Å². The average molecular weight is 257 g/mol. The summed E-state index contributed by atoms with van der Waals surface area (Å²) >= 11 is 0. The van der Waals surface area contributed by atoms with Crippen molar-refractivity contribution in [2.75, 3.05) is 23.8 Å². The Bertz CT molecular complexity index is 558. The summed E-state index contributed by atoms with van der Waals surface area (Å²) in [4.78, 5) is 17.8. The highest BCUT2D eigenvalue weighted by atomic mass is 16.3. The molecule has 0 saturated carbocycles. The largest absolute Gasteiger partial charge is 0.397 e. The van der Waals surface area contributed by atoms with Gasteiger partial charge in [-0.25, -0.2) is 0 Å². The molecule has 5 nitrogen and oxygen atoms in total. The first-order valence-corrected chi connectivity index (χ1v) is 5.91. The summed E-state index contributed by atoms with van der Waals surface area (Å²) in [7, 11) is 0. The molecule has 0 atom stereocenters. The normalized spacial score (nSPS) is 10.2. The predicted molar refractivity (Wildman–Crippen MR) is 73.9 cm³/mol. The van der Waals surface area contributed by atoms with Crippen LogP contribution in [0.5, 0.6) is 0 Å². The van der Waals surface area contributed by atoms with E-state index >= 15 is 0 Å². The zero-order chi connectivity index (χ0) is 13.7. The molecular formula is C14H15N3O2. The third-order valence-electron chi connectivity index (χ3n) is 2.70. The Morgan fingerprint density at radius 2 is 2.05 bits per heavy atom. The predicted octanol–water partition coefficient (Wildman–Crippen LogP) is 1.30. The number of hydrogen-bond acceptors (Lipinski definition) is 4. The van der Waals surface area contributed by atoms with Crippen molar-refractivity contribution in [3.05, 3.63) is 54.4 Å². The van der Waals surface area contributed by atoms with Crippen LogP contribution in [-0.2, 0) is 0 Å². The van der Waals surface area contributed by atoms with E-state index in [1.54, 1.807) is 42.6 Å². The number of carbonyl (C=O) groups is 1. The maximum absolute atomic E-state index is 12.4. The number of anilines is 2. The second-order valence-electron chi connectivity index (χ2n) is 3.98. The van der Waals surface area contributed by atoms with Crippen molar-refractivity contribution in [1.82, 2.24) is 4.98 Å². The summed E-state index contributed by atoms with van der Waals surface area (Å²) in [6.07, 6.45) is 3.09. The van der Waals surface area contributed by atoms with Crippen molar-refractivity contribution in [2.45, 2.75) is 0 Å². The lowest BCUT2D eigenvalue weighted by atomic mass is 10.2. The van der Waals surface area contributed by atoms with Crippen molar-refractivity contribution in [2.24, 2.45) is 0 Å². The molecule has 2 rings (SSSR count). The van der Waals surface area contributed by atoms with Gasteiger partial charge in [0.15, 0.2) is 0 Å². The maximum Gasteiger partial charge on any atom is 0.259 e. The molecule has 3 N–H and O–H groups in total. The Morgan fingerprint density at radius 1 is 1.26 bits per heavy atom. The van der Waals surface area contributed by atoms with Gasteiger partial charge < -0.3 is 15.7 Å². The molecule has 0 aliphatic heterocycles. The highest BCUT2D eigenvalue weighted by Crippen LogP contribution is 2.23. The van der Waals surface area contributed by atoms with Crippen molar-refractivity contribution in [3.8, 4) is 0 Å². The minimum Gasteiger partial charge on any atom is -0.397 e. The molecular weight excluding hydrogens is 242 g/mol. The number of nitrogen functional groups attached to an aromatic ring is 1. The topological polar surface area (TPSA) is 79.5 Å². The van der Waals surface area contributed by atoms with Crippen LogP contribution in [0.1, 0.15) is 10.4 Å². The van der Waals surface area contributed by atoms with E-state index in [9.17, 15) is 4.79 Å². The van der Waals surface area contributed by atoms with E-state index in [1.807, 2.05) is 0 Å². The lowest BCUT2D eigenvalue weighted by Crippen LogP contribution is -2.34. The molecule has 0 fully saturated rings. The maximum atomic E-state index is 12.4. The number of nitrogens with two attached hydrogens (primary N) is 1. The number of aliphatic hydroxyl groups is 1. The van der Waals surface area contributed by atoms with Crippen LogP contribution in [0.2, 0.25) is 0 Å². The molecule has 5 heteroatoms. The Morgan fingerprint density at radius 3 is 2.68 bits per heavy atom. The van der Waals surface area contributed by atoms with Crippen molar-refractivity contribution in [1.29, 1.82) is 0 Å². The lowest BCUT2D eigenvalue weighted by Gasteiger charge is -2.23. The first-order chi connectivity index (χ1) is 9.24. The second kappa shape index (κ2) is 5.97.